The van der Waals surface area contributed by atoms with Gasteiger partial charge in [0.2, 0.25) is 5.91 Å². The number of hydrogen-bond donors (Lipinski definition) is 2. The summed E-state index contributed by atoms with van der Waals surface area (Å²) in [5, 5.41) is 1.95. The van der Waals surface area contributed by atoms with Crippen molar-refractivity contribution in [2.24, 2.45) is 0 Å². The lowest BCUT2D eigenvalue weighted by Gasteiger charge is -2.24. The van der Waals surface area contributed by atoms with Crippen molar-refractivity contribution in [2.75, 3.05) is 20.9 Å². The number of benzene rings is 4. The maximum absolute atomic E-state index is 13.4. The Kier molecular flexibility index (Phi) is 9.39. The van der Waals surface area contributed by atoms with Crippen LogP contribution in [0.15, 0.2) is 107 Å². The molecule has 0 saturated heterocycles. The molecule has 1 amide bonds. The van der Waals surface area contributed by atoms with Crippen LogP contribution < -0.4 is 14.3 Å². The van der Waals surface area contributed by atoms with Crippen molar-refractivity contribution in [3.05, 3.63) is 111 Å². The third-order valence-electron chi connectivity index (χ3n) is 5.71. The summed E-state index contributed by atoms with van der Waals surface area (Å²) >= 11 is 7.66. The van der Waals surface area contributed by atoms with Crippen LogP contribution in [-0.2, 0) is 31.0 Å². The minimum Gasteiger partial charge on any atom is -0.325 e. The quantitative estimate of drug-likeness (QED) is 0.188. The van der Waals surface area contributed by atoms with Gasteiger partial charge in [0.15, 0.2) is 0 Å². The van der Waals surface area contributed by atoms with E-state index in [1.807, 2.05) is 0 Å². The van der Waals surface area contributed by atoms with Gasteiger partial charge in [0, 0.05) is 14.9 Å². The van der Waals surface area contributed by atoms with Crippen LogP contribution in [0.4, 0.5) is 30.2 Å². The Morgan fingerprint density at radius 2 is 1.40 bits per heavy atom. The molecule has 0 radical (unpaired) electrons. The molecule has 0 heterocycles. The second-order valence-corrected chi connectivity index (χ2v) is 13.9. The minimum absolute atomic E-state index is 0.0125. The molecule has 0 aliphatic carbocycles. The number of carbonyl (C=O) groups is 1. The van der Waals surface area contributed by atoms with Gasteiger partial charge in [0.05, 0.1) is 26.1 Å². The van der Waals surface area contributed by atoms with Gasteiger partial charge in [0.1, 0.15) is 6.54 Å². The Morgan fingerprint density at radius 1 is 0.810 bits per heavy atom. The van der Waals surface area contributed by atoms with E-state index < -0.39 is 49.3 Å². The molecule has 220 valence electrons. The molecule has 0 unspecified atom stereocenters. The predicted octanol–water partition coefficient (Wildman–Crippen LogP) is 6.60. The molecule has 8 nitrogen and oxygen atoms in total. The summed E-state index contributed by atoms with van der Waals surface area (Å²) in [6.07, 6.45) is -4.78. The standard InChI is InChI=1S/C27H20ClF3IN3O5S2/c28-25-15-10-20(16-24(25)27(29,30)31)34-41(37,38)22-13-8-19(9-14-22)33-26(36)17-35(21-11-6-18(32)7-12-21)42(39,40)23-4-2-1-3-5-23/h1-16,34H,17H2,(H,33,36). The molecule has 4 rings (SSSR count). The Morgan fingerprint density at radius 3 is 2.00 bits per heavy atom. The number of nitrogens with zero attached hydrogens (tertiary/aromatic N) is 1. The zero-order valence-corrected chi connectivity index (χ0v) is 25.7. The lowest BCUT2D eigenvalue weighted by Crippen LogP contribution is -2.38. The molecule has 0 aromatic heterocycles. The molecular weight excluding hydrogens is 730 g/mol. The number of halogens is 5. The van der Waals surface area contributed by atoms with Crippen LogP contribution in [0.1, 0.15) is 5.56 Å². The van der Waals surface area contributed by atoms with Crippen LogP contribution in [0.3, 0.4) is 0 Å². The summed E-state index contributed by atoms with van der Waals surface area (Å²) < 4.78 is 95.7. The summed E-state index contributed by atoms with van der Waals surface area (Å²) in [6.45, 7) is -0.586. The highest BCUT2D eigenvalue weighted by atomic mass is 127. The Labute approximate surface area is 258 Å². The van der Waals surface area contributed by atoms with Gasteiger partial charge in [-0.15, -0.1) is 0 Å². The third kappa shape index (κ3) is 7.53. The zero-order valence-electron chi connectivity index (χ0n) is 21.1. The van der Waals surface area contributed by atoms with Crippen molar-refractivity contribution in [3.63, 3.8) is 0 Å². The molecule has 4 aromatic carbocycles. The molecule has 0 bridgehead atoms. The summed E-state index contributed by atoms with van der Waals surface area (Å²) in [6, 6.07) is 21.5. The van der Waals surface area contributed by atoms with E-state index in [1.54, 1.807) is 42.5 Å². The summed E-state index contributed by atoms with van der Waals surface area (Å²) in [4.78, 5) is 12.6. The van der Waals surface area contributed by atoms with Gasteiger partial charge in [-0.2, -0.15) is 13.2 Å². The monoisotopic (exact) mass is 749 g/mol. The summed E-state index contributed by atoms with van der Waals surface area (Å²) in [7, 11) is -8.43. The molecule has 42 heavy (non-hydrogen) atoms. The first kappa shape index (κ1) is 31.6. The van der Waals surface area contributed by atoms with Crippen molar-refractivity contribution in [2.45, 2.75) is 16.0 Å². The van der Waals surface area contributed by atoms with E-state index in [9.17, 15) is 34.8 Å². The first-order chi connectivity index (χ1) is 19.7. The Balaban J connectivity index is 1.51. The summed E-state index contributed by atoms with van der Waals surface area (Å²) in [5.74, 6) is -0.706. The second kappa shape index (κ2) is 12.5. The van der Waals surface area contributed by atoms with Gasteiger partial charge < -0.3 is 5.32 Å². The van der Waals surface area contributed by atoms with E-state index in [2.05, 4.69) is 32.6 Å². The number of sulfonamides is 2. The zero-order chi connectivity index (χ0) is 30.7. The van der Waals surface area contributed by atoms with Crippen LogP contribution in [0, 0.1) is 3.57 Å². The van der Waals surface area contributed by atoms with Crippen LogP contribution in [0.5, 0.6) is 0 Å². The number of amides is 1. The second-order valence-electron chi connectivity index (χ2n) is 8.67. The smallest absolute Gasteiger partial charge is 0.325 e. The Bertz CT molecular complexity index is 1810. The van der Waals surface area contributed by atoms with Crippen molar-refractivity contribution >= 4 is 77.2 Å². The van der Waals surface area contributed by atoms with E-state index >= 15 is 0 Å². The third-order valence-corrected chi connectivity index (χ3v) is 9.94. The minimum atomic E-state index is -4.78. The molecule has 0 fully saturated rings. The van der Waals surface area contributed by atoms with Crippen molar-refractivity contribution in [1.29, 1.82) is 0 Å². The molecule has 15 heteroatoms. The number of hydrogen-bond acceptors (Lipinski definition) is 5. The SMILES string of the molecule is O=C(CN(c1ccc(I)cc1)S(=O)(=O)c1ccccc1)Nc1ccc(S(=O)(=O)Nc2ccc(Cl)c(C(F)(F)F)c2)cc1. The number of carbonyl (C=O) groups excluding carboxylic acids is 1. The maximum Gasteiger partial charge on any atom is 0.417 e. The highest BCUT2D eigenvalue weighted by Crippen LogP contribution is 2.36. The van der Waals surface area contributed by atoms with Crippen molar-refractivity contribution in [1.82, 2.24) is 0 Å². The molecule has 0 aliphatic rings. The fourth-order valence-corrected chi connectivity index (χ4v) is 6.79. The highest BCUT2D eigenvalue weighted by molar-refractivity contribution is 14.1. The lowest BCUT2D eigenvalue weighted by molar-refractivity contribution is -0.137. The van der Waals surface area contributed by atoms with Gasteiger partial charge in [0.25, 0.3) is 20.0 Å². The van der Waals surface area contributed by atoms with Crippen LogP contribution >= 0.6 is 34.2 Å². The molecule has 0 saturated carbocycles. The van der Waals surface area contributed by atoms with E-state index in [0.29, 0.717) is 6.07 Å². The predicted molar refractivity (Wildman–Crippen MR) is 162 cm³/mol. The number of alkyl halides is 3. The number of nitrogens with one attached hydrogen (secondary N) is 2. The Hall–Kier alpha value is -3.34. The van der Waals surface area contributed by atoms with Crippen LogP contribution in [0.2, 0.25) is 5.02 Å². The van der Waals surface area contributed by atoms with Gasteiger partial charge in [-0.3, -0.25) is 13.8 Å². The number of anilines is 3. The van der Waals surface area contributed by atoms with E-state index in [1.165, 1.54) is 24.3 Å². The average molecular weight is 750 g/mol. The fraction of sp³-hybridized carbons (Fsp3) is 0.0741. The van der Waals surface area contributed by atoms with Crippen LogP contribution in [-0.4, -0.2) is 29.3 Å². The number of rotatable bonds is 9. The molecule has 0 spiro atoms. The normalized spacial score (nSPS) is 12.0. The molecule has 4 aromatic rings. The van der Waals surface area contributed by atoms with Gasteiger partial charge >= 0.3 is 6.18 Å². The fourth-order valence-electron chi connectivity index (χ4n) is 3.71. The molecule has 2 N–H and O–H groups in total. The van der Waals surface area contributed by atoms with E-state index in [0.717, 1.165) is 32.1 Å². The molecular formula is C27H20ClF3IN3O5S2. The van der Waals surface area contributed by atoms with E-state index in [-0.39, 0.29) is 26.9 Å². The largest absolute Gasteiger partial charge is 0.417 e. The van der Waals surface area contributed by atoms with Gasteiger partial charge in [-0.25, -0.2) is 16.8 Å². The topological polar surface area (TPSA) is 113 Å². The first-order valence-electron chi connectivity index (χ1n) is 11.8. The maximum atomic E-state index is 13.4. The van der Waals surface area contributed by atoms with Crippen molar-refractivity contribution < 1.29 is 34.8 Å². The highest BCUT2D eigenvalue weighted by Gasteiger charge is 2.34. The lowest BCUT2D eigenvalue weighted by atomic mass is 10.2. The average Bonchev–Trinajstić information content (AvgIpc) is 2.93. The summed E-state index contributed by atoms with van der Waals surface area (Å²) in [5.41, 5.74) is -1.13. The van der Waals surface area contributed by atoms with Crippen LogP contribution in [0.25, 0.3) is 0 Å². The molecule has 0 aliphatic heterocycles. The van der Waals surface area contributed by atoms with Gasteiger partial charge in [-0.05, 0) is 101 Å². The molecule has 0 atom stereocenters. The first-order valence-corrected chi connectivity index (χ1v) is 16.2. The van der Waals surface area contributed by atoms with E-state index in [4.69, 9.17) is 11.6 Å². The van der Waals surface area contributed by atoms with Gasteiger partial charge in [-0.1, -0.05) is 29.8 Å². The van der Waals surface area contributed by atoms with Crippen molar-refractivity contribution in [3.8, 4) is 0 Å².